The second kappa shape index (κ2) is 8.30. The molecule has 28 heavy (non-hydrogen) atoms. The van der Waals surface area contributed by atoms with Crippen LogP contribution in [0.1, 0.15) is 11.5 Å². The van der Waals surface area contributed by atoms with Crippen molar-refractivity contribution in [3.8, 4) is 17.1 Å². The summed E-state index contributed by atoms with van der Waals surface area (Å²) < 4.78 is 48.1. The smallest absolute Gasteiger partial charge is 0.416 e. The van der Waals surface area contributed by atoms with Crippen LogP contribution >= 0.6 is 11.6 Å². The molecule has 0 aliphatic heterocycles. The number of carbonyl (C=O) groups is 1. The van der Waals surface area contributed by atoms with Crippen LogP contribution in [0.25, 0.3) is 11.4 Å². The lowest BCUT2D eigenvalue weighted by atomic mass is 10.2. The summed E-state index contributed by atoms with van der Waals surface area (Å²) in [5, 5.41) is 6.80. The first-order valence-electron chi connectivity index (χ1n) is 7.96. The van der Waals surface area contributed by atoms with Gasteiger partial charge in [-0.1, -0.05) is 35.0 Å². The molecule has 0 saturated carbocycles. The molecule has 1 aromatic heterocycles. The molecular formula is C18H13ClF3N3O3. The maximum atomic E-state index is 12.7. The Morgan fingerprint density at radius 3 is 2.71 bits per heavy atom. The number of nitrogens with zero attached hydrogens (tertiary/aromatic N) is 2. The van der Waals surface area contributed by atoms with E-state index >= 15 is 0 Å². The van der Waals surface area contributed by atoms with Crippen LogP contribution in [-0.2, 0) is 17.5 Å². The Morgan fingerprint density at radius 1 is 1.18 bits per heavy atom. The van der Waals surface area contributed by atoms with Crippen LogP contribution in [-0.4, -0.2) is 22.7 Å². The predicted octanol–water partition coefficient (Wildman–Crippen LogP) is 4.10. The molecule has 0 aliphatic carbocycles. The summed E-state index contributed by atoms with van der Waals surface area (Å²) >= 11 is 5.90. The normalized spacial score (nSPS) is 11.3. The lowest BCUT2D eigenvalue weighted by molar-refractivity contribution is -0.137. The number of hydrogen-bond acceptors (Lipinski definition) is 5. The fourth-order valence-corrected chi connectivity index (χ4v) is 2.40. The standard InChI is InChI=1S/C18H13ClF3N3O3/c19-13-5-1-3-11(7-13)17-24-16(28-25-17)9-23-15(26)10-27-14-6-2-4-12(8-14)18(20,21)22/h1-8H,9-10H2,(H,23,26). The minimum atomic E-state index is -4.49. The maximum Gasteiger partial charge on any atom is 0.416 e. The van der Waals surface area contributed by atoms with Crippen LogP contribution in [0.15, 0.2) is 53.1 Å². The van der Waals surface area contributed by atoms with Crippen molar-refractivity contribution in [1.82, 2.24) is 15.5 Å². The quantitative estimate of drug-likeness (QED) is 0.660. The van der Waals surface area contributed by atoms with Gasteiger partial charge in [-0.05, 0) is 30.3 Å². The van der Waals surface area contributed by atoms with E-state index in [0.29, 0.717) is 16.4 Å². The molecule has 10 heteroatoms. The van der Waals surface area contributed by atoms with Gasteiger partial charge in [0, 0.05) is 10.6 Å². The van der Waals surface area contributed by atoms with Gasteiger partial charge in [-0.25, -0.2) is 0 Å². The molecule has 0 aliphatic rings. The lowest BCUT2D eigenvalue weighted by Gasteiger charge is -2.10. The molecule has 146 valence electrons. The van der Waals surface area contributed by atoms with Crippen molar-refractivity contribution >= 4 is 17.5 Å². The highest BCUT2D eigenvalue weighted by Gasteiger charge is 2.30. The molecule has 0 unspecified atom stereocenters. The minimum Gasteiger partial charge on any atom is -0.484 e. The zero-order valence-electron chi connectivity index (χ0n) is 14.2. The van der Waals surface area contributed by atoms with Crippen LogP contribution in [0, 0.1) is 0 Å². The second-order valence-corrected chi connectivity index (χ2v) is 6.05. The first-order chi connectivity index (χ1) is 13.3. The molecule has 6 nitrogen and oxygen atoms in total. The van der Waals surface area contributed by atoms with Crippen molar-refractivity contribution in [3.05, 3.63) is 65.0 Å². The van der Waals surface area contributed by atoms with E-state index in [1.54, 1.807) is 24.3 Å². The van der Waals surface area contributed by atoms with Gasteiger partial charge in [0.2, 0.25) is 11.7 Å². The first-order valence-corrected chi connectivity index (χ1v) is 8.34. The average Bonchev–Trinajstić information content (AvgIpc) is 3.13. The SMILES string of the molecule is O=C(COc1cccc(C(F)(F)F)c1)NCc1nc(-c2cccc(Cl)c2)no1. The predicted molar refractivity (Wildman–Crippen MR) is 93.5 cm³/mol. The van der Waals surface area contributed by atoms with Gasteiger partial charge >= 0.3 is 6.18 Å². The van der Waals surface area contributed by atoms with Gasteiger partial charge in [0.05, 0.1) is 12.1 Å². The van der Waals surface area contributed by atoms with Crippen LogP contribution < -0.4 is 10.1 Å². The molecular weight excluding hydrogens is 399 g/mol. The third-order valence-electron chi connectivity index (χ3n) is 3.52. The van der Waals surface area contributed by atoms with Gasteiger partial charge in [-0.3, -0.25) is 4.79 Å². The molecule has 1 amide bonds. The minimum absolute atomic E-state index is 0.0572. The highest BCUT2D eigenvalue weighted by atomic mass is 35.5. The van der Waals surface area contributed by atoms with E-state index in [1.165, 1.54) is 12.1 Å². The molecule has 0 atom stereocenters. The zero-order valence-corrected chi connectivity index (χ0v) is 14.9. The Hall–Kier alpha value is -3.07. The second-order valence-electron chi connectivity index (χ2n) is 5.61. The molecule has 1 heterocycles. The molecule has 0 spiro atoms. The van der Waals surface area contributed by atoms with Crippen molar-refractivity contribution in [3.63, 3.8) is 0 Å². The van der Waals surface area contributed by atoms with Gasteiger partial charge in [0.1, 0.15) is 5.75 Å². The average molecular weight is 412 g/mol. The van der Waals surface area contributed by atoms with Crippen molar-refractivity contribution in [2.75, 3.05) is 6.61 Å². The number of carbonyl (C=O) groups excluding carboxylic acids is 1. The molecule has 1 N–H and O–H groups in total. The Labute approximate surface area is 162 Å². The zero-order chi connectivity index (χ0) is 20.1. The number of hydrogen-bond donors (Lipinski definition) is 1. The summed E-state index contributed by atoms with van der Waals surface area (Å²) in [4.78, 5) is 16.0. The summed E-state index contributed by atoms with van der Waals surface area (Å²) in [5.74, 6) is -0.153. The Morgan fingerprint density at radius 2 is 1.96 bits per heavy atom. The largest absolute Gasteiger partial charge is 0.484 e. The van der Waals surface area contributed by atoms with Crippen molar-refractivity contribution in [2.24, 2.45) is 0 Å². The summed E-state index contributed by atoms with van der Waals surface area (Å²) in [6.45, 7) is -0.519. The third-order valence-corrected chi connectivity index (χ3v) is 3.75. The van der Waals surface area contributed by atoms with E-state index in [1.807, 2.05) is 0 Å². The molecule has 0 saturated heterocycles. The fourth-order valence-electron chi connectivity index (χ4n) is 2.21. The van der Waals surface area contributed by atoms with E-state index in [4.69, 9.17) is 20.9 Å². The van der Waals surface area contributed by atoms with Crippen molar-refractivity contribution < 1.29 is 27.2 Å². The van der Waals surface area contributed by atoms with Gasteiger partial charge in [-0.15, -0.1) is 0 Å². The topological polar surface area (TPSA) is 77.2 Å². The highest BCUT2D eigenvalue weighted by Crippen LogP contribution is 2.31. The van der Waals surface area contributed by atoms with Gasteiger partial charge < -0.3 is 14.6 Å². The molecule has 0 bridgehead atoms. The highest BCUT2D eigenvalue weighted by molar-refractivity contribution is 6.30. The summed E-state index contributed by atoms with van der Waals surface area (Å²) in [7, 11) is 0. The van der Waals surface area contributed by atoms with Crippen molar-refractivity contribution in [2.45, 2.75) is 12.7 Å². The Kier molecular flexibility index (Phi) is 5.84. The van der Waals surface area contributed by atoms with Gasteiger partial charge in [0.15, 0.2) is 6.61 Å². The van der Waals surface area contributed by atoms with Crippen LogP contribution in [0.3, 0.4) is 0 Å². The molecule has 0 fully saturated rings. The number of amides is 1. The van der Waals surface area contributed by atoms with E-state index in [-0.39, 0.29) is 18.2 Å². The fraction of sp³-hybridized carbons (Fsp3) is 0.167. The lowest BCUT2D eigenvalue weighted by Crippen LogP contribution is -2.28. The Bertz CT molecular complexity index is 976. The van der Waals surface area contributed by atoms with Gasteiger partial charge in [0.25, 0.3) is 5.91 Å². The monoisotopic (exact) mass is 411 g/mol. The van der Waals surface area contributed by atoms with Crippen molar-refractivity contribution in [1.29, 1.82) is 0 Å². The number of rotatable bonds is 6. The number of aromatic nitrogens is 2. The van der Waals surface area contributed by atoms with E-state index in [0.717, 1.165) is 12.1 Å². The van der Waals surface area contributed by atoms with E-state index in [9.17, 15) is 18.0 Å². The number of nitrogens with one attached hydrogen (secondary N) is 1. The number of alkyl halides is 3. The molecule has 2 aromatic carbocycles. The van der Waals surface area contributed by atoms with Crippen LogP contribution in [0.5, 0.6) is 5.75 Å². The number of halogens is 4. The van der Waals surface area contributed by atoms with Crippen LogP contribution in [0.4, 0.5) is 13.2 Å². The summed E-state index contributed by atoms with van der Waals surface area (Å²) in [6.07, 6.45) is -4.49. The molecule has 0 radical (unpaired) electrons. The summed E-state index contributed by atoms with van der Waals surface area (Å²) in [5.41, 5.74) is -0.202. The van der Waals surface area contributed by atoms with E-state index in [2.05, 4.69) is 15.5 Å². The Balaban J connectivity index is 1.51. The third kappa shape index (κ3) is 5.23. The maximum absolute atomic E-state index is 12.7. The van der Waals surface area contributed by atoms with E-state index < -0.39 is 24.3 Å². The summed E-state index contributed by atoms with van der Waals surface area (Å²) in [6, 6.07) is 11.1. The number of ether oxygens (including phenoxy) is 1. The molecule has 3 aromatic rings. The molecule has 3 rings (SSSR count). The number of benzene rings is 2. The van der Waals surface area contributed by atoms with Gasteiger partial charge in [-0.2, -0.15) is 18.2 Å². The first kappa shape index (κ1) is 19.7. The van der Waals surface area contributed by atoms with Crippen LogP contribution in [0.2, 0.25) is 5.02 Å².